The van der Waals surface area contributed by atoms with Gasteiger partial charge in [-0.15, -0.1) is 0 Å². The standard InChI is InChI=1S/C15H18N4O3/c1-4-19-10-11(9-17-19)8-16-18-15(20)12-5-6-13(21-2)14(7-12)22-3/h5-10H,4H2,1-3H3,(H,18,20). The highest BCUT2D eigenvalue weighted by atomic mass is 16.5. The number of carbonyl (C=O) groups excluding carboxylic acids is 1. The van der Waals surface area contributed by atoms with E-state index in [0.29, 0.717) is 17.1 Å². The van der Waals surface area contributed by atoms with Crippen molar-refractivity contribution in [3.05, 3.63) is 41.7 Å². The molecule has 1 heterocycles. The highest BCUT2D eigenvalue weighted by Gasteiger charge is 2.09. The number of hydrogen-bond donors (Lipinski definition) is 1. The van der Waals surface area contributed by atoms with E-state index in [2.05, 4.69) is 15.6 Å². The maximum absolute atomic E-state index is 12.0. The van der Waals surface area contributed by atoms with Crippen LogP contribution in [-0.2, 0) is 6.54 Å². The fraction of sp³-hybridized carbons (Fsp3) is 0.267. The van der Waals surface area contributed by atoms with Crippen molar-refractivity contribution in [2.45, 2.75) is 13.5 Å². The molecule has 0 spiro atoms. The molecule has 2 rings (SSSR count). The van der Waals surface area contributed by atoms with Crippen LogP contribution in [0.1, 0.15) is 22.8 Å². The molecule has 0 unspecified atom stereocenters. The highest BCUT2D eigenvalue weighted by Crippen LogP contribution is 2.27. The zero-order valence-corrected chi connectivity index (χ0v) is 12.7. The van der Waals surface area contributed by atoms with E-state index in [1.54, 1.807) is 36.2 Å². The second-order valence-electron chi connectivity index (χ2n) is 4.40. The monoisotopic (exact) mass is 302 g/mol. The lowest BCUT2D eigenvalue weighted by Crippen LogP contribution is -2.17. The number of benzene rings is 1. The van der Waals surface area contributed by atoms with Crippen molar-refractivity contribution in [2.75, 3.05) is 14.2 Å². The fourth-order valence-electron chi connectivity index (χ4n) is 1.83. The average molecular weight is 302 g/mol. The van der Waals surface area contributed by atoms with Crippen molar-refractivity contribution >= 4 is 12.1 Å². The molecular weight excluding hydrogens is 284 g/mol. The minimum Gasteiger partial charge on any atom is -0.493 e. The molecule has 1 aromatic carbocycles. The first kappa shape index (κ1) is 15.6. The molecule has 2 aromatic rings. The maximum Gasteiger partial charge on any atom is 0.271 e. The zero-order chi connectivity index (χ0) is 15.9. The first-order chi connectivity index (χ1) is 10.7. The van der Waals surface area contributed by atoms with Gasteiger partial charge in [-0.25, -0.2) is 5.43 Å². The van der Waals surface area contributed by atoms with Crippen LogP contribution in [0.2, 0.25) is 0 Å². The molecule has 0 aliphatic heterocycles. The largest absolute Gasteiger partial charge is 0.493 e. The first-order valence-electron chi connectivity index (χ1n) is 6.75. The van der Waals surface area contributed by atoms with Crippen molar-refractivity contribution in [2.24, 2.45) is 5.10 Å². The van der Waals surface area contributed by atoms with Gasteiger partial charge in [-0.1, -0.05) is 0 Å². The fourth-order valence-corrected chi connectivity index (χ4v) is 1.83. The van der Waals surface area contributed by atoms with E-state index in [4.69, 9.17) is 9.47 Å². The number of amides is 1. The van der Waals surface area contributed by atoms with Crippen LogP contribution in [-0.4, -0.2) is 36.1 Å². The third-order valence-corrected chi connectivity index (χ3v) is 3.00. The van der Waals surface area contributed by atoms with Gasteiger partial charge in [0.15, 0.2) is 11.5 Å². The van der Waals surface area contributed by atoms with Gasteiger partial charge in [-0.05, 0) is 25.1 Å². The van der Waals surface area contributed by atoms with Gasteiger partial charge in [0.1, 0.15) is 0 Å². The molecule has 0 aliphatic carbocycles. The lowest BCUT2D eigenvalue weighted by atomic mass is 10.2. The second-order valence-corrected chi connectivity index (χ2v) is 4.40. The number of rotatable bonds is 6. The number of methoxy groups -OCH3 is 2. The molecule has 0 bridgehead atoms. The smallest absolute Gasteiger partial charge is 0.271 e. The highest BCUT2D eigenvalue weighted by molar-refractivity contribution is 5.95. The van der Waals surface area contributed by atoms with Gasteiger partial charge in [0, 0.05) is 23.9 Å². The molecule has 0 radical (unpaired) electrons. The summed E-state index contributed by atoms with van der Waals surface area (Å²) in [6, 6.07) is 4.91. The lowest BCUT2D eigenvalue weighted by molar-refractivity contribution is 0.0954. The van der Waals surface area contributed by atoms with Gasteiger partial charge in [-0.2, -0.15) is 10.2 Å². The number of aryl methyl sites for hydroxylation is 1. The van der Waals surface area contributed by atoms with E-state index >= 15 is 0 Å². The summed E-state index contributed by atoms with van der Waals surface area (Å²) in [7, 11) is 3.06. The van der Waals surface area contributed by atoms with Crippen LogP contribution < -0.4 is 14.9 Å². The van der Waals surface area contributed by atoms with Crippen LogP contribution in [0, 0.1) is 0 Å². The number of ether oxygens (including phenoxy) is 2. The second kappa shape index (κ2) is 7.26. The van der Waals surface area contributed by atoms with E-state index in [-0.39, 0.29) is 5.91 Å². The topological polar surface area (TPSA) is 77.7 Å². The van der Waals surface area contributed by atoms with Gasteiger partial charge < -0.3 is 9.47 Å². The summed E-state index contributed by atoms with van der Waals surface area (Å²) in [6.45, 7) is 2.78. The van der Waals surface area contributed by atoms with Crippen molar-refractivity contribution < 1.29 is 14.3 Å². The predicted octanol–water partition coefficient (Wildman–Crippen LogP) is 1.68. The summed E-state index contributed by atoms with van der Waals surface area (Å²) in [6.07, 6.45) is 5.06. The van der Waals surface area contributed by atoms with Gasteiger partial charge in [0.05, 0.1) is 26.6 Å². The number of hydrazone groups is 1. The van der Waals surface area contributed by atoms with Crippen molar-refractivity contribution in [1.29, 1.82) is 0 Å². The Kier molecular flexibility index (Phi) is 5.13. The Morgan fingerprint density at radius 2 is 2.14 bits per heavy atom. The molecule has 1 N–H and O–H groups in total. The predicted molar refractivity (Wildman–Crippen MR) is 82.5 cm³/mol. The van der Waals surface area contributed by atoms with Gasteiger partial charge >= 0.3 is 0 Å². The Labute approximate surface area is 128 Å². The molecule has 0 atom stereocenters. The SMILES string of the molecule is CCn1cc(C=NNC(=O)c2ccc(OC)c(OC)c2)cn1. The molecule has 1 amide bonds. The summed E-state index contributed by atoms with van der Waals surface area (Å²) < 4.78 is 12.1. The van der Waals surface area contributed by atoms with E-state index < -0.39 is 0 Å². The first-order valence-corrected chi connectivity index (χ1v) is 6.75. The third-order valence-electron chi connectivity index (χ3n) is 3.00. The molecule has 22 heavy (non-hydrogen) atoms. The molecule has 0 fully saturated rings. The summed E-state index contributed by atoms with van der Waals surface area (Å²) in [5.41, 5.74) is 3.70. The number of carbonyl (C=O) groups is 1. The van der Waals surface area contributed by atoms with E-state index in [0.717, 1.165) is 12.1 Å². The Bertz CT molecular complexity index is 679. The summed E-state index contributed by atoms with van der Waals surface area (Å²) in [5, 5.41) is 8.03. The number of nitrogens with zero attached hydrogens (tertiary/aromatic N) is 3. The number of aromatic nitrogens is 2. The number of hydrogen-bond acceptors (Lipinski definition) is 5. The molecular formula is C15H18N4O3. The quantitative estimate of drug-likeness (QED) is 0.650. The lowest BCUT2D eigenvalue weighted by Gasteiger charge is -2.08. The molecule has 0 aliphatic rings. The third kappa shape index (κ3) is 3.63. The van der Waals surface area contributed by atoms with E-state index in [1.807, 2.05) is 13.1 Å². The van der Waals surface area contributed by atoms with Crippen LogP contribution in [0.25, 0.3) is 0 Å². The normalized spacial score (nSPS) is 10.7. The van der Waals surface area contributed by atoms with Crippen LogP contribution in [0.15, 0.2) is 35.7 Å². The maximum atomic E-state index is 12.0. The van der Waals surface area contributed by atoms with Crippen LogP contribution in [0.3, 0.4) is 0 Å². The molecule has 0 saturated carbocycles. The Hall–Kier alpha value is -2.83. The van der Waals surface area contributed by atoms with Crippen molar-refractivity contribution in [3.63, 3.8) is 0 Å². The molecule has 116 valence electrons. The minimum absolute atomic E-state index is 0.333. The van der Waals surface area contributed by atoms with Gasteiger partial charge in [0.25, 0.3) is 5.91 Å². The van der Waals surface area contributed by atoms with Crippen LogP contribution >= 0.6 is 0 Å². The molecule has 7 nitrogen and oxygen atoms in total. The molecule has 1 aromatic heterocycles. The molecule has 0 saturated heterocycles. The van der Waals surface area contributed by atoms with Gasteiger partial charge in [0.2, 0.25) is 0 Å². The van der Waals surface area contributed by atoms with Crippen molar-refractivity contribution in [1.82, 2.24) is 15.2 Å². The van der Waals surface area contributed by atoms with Crippen LogP contribution in [0.5, 0.6) is 11.5 Å². The summed E-state index contributed by atoms with van der Waals surface area (Å²) in [4.78, 5) is 12.0. The number of nitrogens with one attached hydrogen (secondary N) is 1. The Balaban J connectivity index is 2.02. The Morgan fingerprint density at radius 3 is 2.77 bits per heavy atom. The zero-order valence-electron chi connectivity index (χ0n) is 12.7. The van der Waals surface area contributed by atoms with Crippen LogP contribution in [0.4, 0.5) is 0 Å². The van der Waals surface area contributed by atoms with E-state index in [1.165, 1.54) is 13.3 Å². The van der Waals surface area contributed by atoms with E-state index in [9.17, 15) is 4.79 Å². The Morgan fingerprint density at radius 1 is 1.36 bits per heavy atom. The van der Waals surface area contributed by atoms with Gasteiger partial charge in [-0.3, -0.25) is 9.48 Å². The minimum atomic E-state index is -0.333. The summed E-state index contributed by atoms with van der Waals surface area (Å²) in [5.74, 6) is 0.720. The van der Waals surface area contributed by atoms with Crippen molar-refractivity contribution in [3.8, 4) is 11.5 Å². The summed E-state index contributed by atoms with van der Waals surface area (Å²) >= 11 is 0. The average Bonchev–Trinajstić information content (AvgIpc) is 3.02. The molecule has 7 heteroatoms.